The second kappa shape index (κ2) is 6.76. The maximum absolute atomic E-state index is 12.7. The SMILES string of the molecule is Cc1ccc(C(Cc2cccs2)C(=O)NC(C)(C)C#N)cc1. The molecule has 22 heavy (non-hydrogen) atoms. The van der Waals surface area contributed by atoms with E-state index in [0.29, 0.717) is 6.42 Å². The Morgan fingerprint density at radius 1 is 1.32 bits per heavy atom. The van der Waals surface area contributed by atoms with E-state index in [2.05, 4.69) is 11.4 Å². The largest absolute Gasteiger partial charge is 0.338 e. The number of amides is 1. The molecule has 2 aromatic rings. The number of thiophene rings is 1. The summed E-state index contributed by atoms with van der Waals surface area (Å²) < 4.78 is 0. The van der Waals surface area contributed by atoms with Crippen molar-refractivity contribution >= 4 is 17.2 Å². The van der Waals surface area contributed by atoms with Crippen molar-refractivity contribution in [3.05, 3.63) is 57.8 Å². The Bertz CT molecular complexity index is 666. The minimum atomic E-state index is -0.866. The molecule has 114 valence electrons. The van der Waals surface area contributed by atoms with Crippen LogP contribution in [0.25, 0.3) is 0 Å². The molecule has 0 aliphatic rings. The molecule has 0 bridgehead atoms. The van der Waals surface area contributed by atoms with Gasteiger partial charge in [-0.05, 0) is 44.2 Å². The zero-order valence-corrected chi connectivity index (χ0v) is 13.9. The van der Waals surface area contributed by atoms with Crippen LogP contribution >= 0.6 is 11.3 Å². The average molecular weight is 312 g/mol. The summed E-state index contributed by atoms with van der Waals surface area (Å²) in [6.45, 7) is 5.45. The minimum Gasteiger partial charge on any atom is -0.338 e. The molecule has 0 aliphatic carbocycles. The molecule has 3 nitrogen and oxygen atoms in total. The van der Waals surface area contributed by atoms with Crippen molar-refractivity contribution in [2.24, 2.45) is 0 Å². The lowest BCUT2D eigenvalue weighted by Gasteiger charge is -2.23. The van der Waals surface area contributed by atoms with Gasteiger partial charge in [0.1, 0.15) is 5.54 Å². The van der Waals surface area contributed by atoms with Gasteiger partial charge in [-0.1, -0.05) is 35.9 Å². The van der Waals surface area contributed by atoms with Crippen LogP contribution < -0.4 is 5.32 Å². The molecule has 1 atom stereocenters. The van der Waals surface area contributed by atoms with Crippen LogP contribution in [0.4, 0.5) is 0 Å². The fourth-order valence-corrected chi connectivity index (χ4v) is 2.97. The Balaban J connectivity index is 2.27. The highest BCUT2D eigenvalue weighted by molar-refractivity contribution is 7.09. The van der Waals surface area contributed by atoms with Crippen molar-refractivity contribution in [1.29, 1.82) is 5.26 Å². The van der Waals surface area contributed by atoms with Crippen molar-refractivity contribution in [2.75, 3.05) is 0 Å². The Kier molecular flexibility index (Phi) is 4.99. The van der Waals surface area contributed by atoms with Crippen LogP contribution in [0, 0.1) is 18.3 Å². The molecular formula is C18H20N2OS. The van der Waals surface area contributed by atoms with Gasteiger partial charge < -0.3 is 5.32 Å². The molecule has 1 N–H and O–H groups in total. The summed E-state index contributed by atoms with van der Waals surface area (Å²) in [5.41, 5.74) is 1.27. The molecule has 0 fully saturated rings. The first kappa shape index (κ1) is 16.3. The molecule has 0 saturated carbocycles. The first-order valence-corrected chi connectivity index (χ1v) is 8.11. The van der Waals surface area contributed by atoms with Crippen molar-refractivity contribution in [2.45, 2.75) is 38.6 Å². The number of hydrogen-bond donors (Lipinski definition) is 1. The number of benzene rings is 1. The number of carbonyl (C=O) groups excluding carboxylic acids is 1. The van der Waals surface area contributed by atoms with Crippen LogP contribution in [0.5, 0.6) is 0 Å². The summed E-state index contributed by atoms with van der Waals surface area (Å²) in [6.07, 6.45) is 0.647. The monoisotopic (exact) mass is 312 g/mol. The van der Waals surface area contributed by atoms with E-state index in [1.807, 2.05) is 48.7 Å². The third-order valence-corrected chi connectivity index (χ3v) is 4.40. The molecule has 1 heterocycles. The number of hydrogen-bond acceptors (Lipinski definition) is 3. The van der Waals surface area contributed by atoms with E-state index in [1.165, 1.54) is 0 Å². The predicted octanol–water partition coefficient (Wildman–Crippen LogP) is 3.80. The summed E-state index contributed by atoms with van der Waals surface area (Å²) in [5, 5.41) is 14.0. The number of aryl methyl sites for hydroxylation is 1. The summed E-state index contributed by atoms with van der Waals surface area (Å²) in [4.78, 5) is 13.8. The molecular weight excluding hydrogens is 292 g/mol. The highest BCUT2D eigenvalue weighted by Crippen LogP contribution is 2.25. The van der Waals surface area contributed by atoms with Gasteiger partial charge in [0.05, 0.1) is 12.0 Å². The van der Waals surface area contributed by atoms with Gasteiger partial charge >= 0.3 is 0 Å². The molecule has 1 aromatic carbocycles. The second-order valence-electron chi connectivity index (χ2n) is 5.97. The van der Waals surface area contributed by atoms with Crippen LogP contribution in [0.3, 0.4) is 0 Å². The molecule has 1 amide bonds. The highest BCUT2D eigenvalue weighted by Gasteiger charge is 2.27. The minimum absolute atomic E-state index is 0.108. The fraction of sp³-hybridized carbons (Fsp3) is 0.333. The fourth-order valence-electron chi connectivity index (χ4n) is 2.21. The maximum Gasteiger partial charge on any atom is 0.229 e. The van der Waals surface area contributed by atoms with E-state index in [-0.39, 0.29) is 11.8 Å². The maximum atomic E-state index is 12.7. The average Bonchev–Trinajstić information content (AvgIpc) is 2.98. The summed E-state index contributed by atoms with van der Waals surface area (Å²) >= 11 is 1.65. The van der Waals surface area contributed by atoms with Crippen molar-refractivity contribution in [3.63, 3.8) is 0 Å². The van der Waals surface area contributed by atoms with Gasteiger partial charge in [-0.25, -0.2) is 0 Å². The lowest BCUT2D eigenvalue weighted by Crippen LogP contribution is -2.44. The van der Waals surface area contributed by atoms with Crippen LogP contribution in [0.1, 0.15) is 35.8 Å². The van der Waals surface area contributed by atoms with Crippen LogP contribution in [0.15, 0.2) is 41.8 Å². The molecule has 4 heteroatoms. The molecule has 0 aliphatic heterocycles. The molecule has 0 radical (unpaired) electrons. The van der Waals surface area contributed by atoms with Gasteiger partial charge in [-0.15, -0.1) is 11.3 Å². The van der Waals surface area contributed by atoms with E-state index < -0.39 is 5.54 Å². The van der Waals surface area contributed by atoms with Gasteiger partial charge in [0, 0.05) is 4.88 Å². The Morgan fingerprint density at radius 3 is 2.55 bits per heavy atom. The van der Waals surface area contributed by atoms with E-state index in [9.17, 15) is 4.79 Å². The summed E-state index contributed by atoms with van der Waals surface area (Å²) in [7, 11) is 0. The third kappa shape index (κ3) is 4.19. The van der Waals surface area contributed by atoms with Crippen molar-refractivity contribution in [3.8, 4) is 6.07 Å². The summed E-state index contributed by atoms with van der Waals surface area (Å²) in [5.74, 6) is -0.393. The van der Waals surface area contributed by atoms with Gasteiger partial charge in [0.15, 0.2) is 0 Å². The van der Waals surface area contributed by atoms with Gasteiger partial charge in [0.25, 0.3) is 0 Å². The molecule has 2 rings (SSSR count). The zero-order valence-electron chi connectivity index (χ0n) is 13.1. The number of nitrogens with zero attached hydrogens (tertiary/aromatic N) is 1. The van der Waals surface area contributed by atoms with E-state index >= 15 is 0 Å². The smallest absolute Gasteiger partial charge is 0.229 e. The lowest BCUT2D eigenvalue weighted by atomic mass is 9.92. The number of nitrogens with one attached hydrogen (secondary N) is 1. The standard InChI is InChI=1S/C18H20N2OS/c1-13-6-8-14(9-7-13)16(11-15-5-4-10-22-15)17(21)20-18(2,3)12-19/h4-10,16H,11H2,1-3H3,(H,20,21). The van der Waals surface area contributed by atoms with E-state index in [4.69, 9.17) is 5.26 Å². The number of nitriles is 1. The predicted molar refractivity (Wildman–Crippen MR) is 89.8 cm³/mol. The zero-order chi connectivity index (χ0) is 16.2. The van der Waals surface area contributed by atoms with Crippen LogP contribution in [0.2, 0.25) is 0 Å². The normalized spacial score (nSPS) is 12.5. The number of carbonyl (C=O) groups is 1. The second-order valence-corrected chi connectivity index (χ2v) is 7.01. The molecule has 1 unspecified atom stereocenters. The Labute approximate surface area is 135 Å². The van der Waals surface area contributed by atoms with E-state index in [1.54, 1.807) is 25.2 Å². The highest BCUT2D eigenvalue weighted by atomic mass is 32.1. The quantitative estimate of drug-likeness (QED) is 0.913. The van der Waals surface area contributed by atoms with E-state index in [0.717, 1.165) is 16.0 Å². The Hall–Kier alpha value is -2.12. The topological polar surface area (TPSA) is 52.9 Å². The van der Waals surface area contributed by atoms with Crippen molar-refractivity contribution in [1.82, 2.24) is 5.32 Å². The van der Waals surface area contributed by atoms with Gasteiger partial charge in [0.2, 0.25) is 5.91 Å². The molecule has 0 saturated heterocycles. The first-order valence-electron chi connectivity index (χ1n) is 7.23. The van der Waals surface area contributed by atoms with Crippen LogP contribution in [-0.4, -0.2) is 11.4 Å². The van der Waals surface area contributed by atoms with Crippen LogP contribution in [-0.2, 0) is 11.2 Å². The van der Waals surface area contributed by atoms with Gasteiger partial charge in [-0.2, -0.15) is 5.26 Å². The third-order valence-electron chi connectivity index (χ3n) is 3.50. The Morgan fingerprint density at radius 2 is 2.00 bits per heavy atom. The molecule has 1 aromatic heterocycles. The first-order chi connectivity index (χ1) is 10.4. The van der Waals surface area contributed by atoms with Gasteiger partial charge in [-0.3, -0.25) is 4.79 Å². The summed E-state index contributed by atoms with van der Waals surface area (Å²) in [6, 6.07) is 14.2. The number of rotatable bonds is 5. The lowest BCUT2D eigenvalue weighted by molar-refractivity contribution is -0.123. The van der Waals surface area contributed by atoms with Crippen molar-refractivity contribution < 1.29 is 4.79 Å². The molecule has 0 spiro atoms.